The molecule has 0 saturated carbocycles. The van der Waals surface area contributed by atoms with Crippen LogP contribution in [0.25, 0.3) is 32.8 Å². The maximum atomic E-state index is 12.3. The van der Waals surface area contributed by atoms with E-state index in [1.807, 2.05) is 42.5 Å². The smallest absolute Gasteiger partial charge is 0.414 e. The molecule has 0 spiro atoms. The van der Waals surface area contributed by atoms with E-state index in [1.165, 1.54) is 0 Å². The summed E-state index contributed by atoms with van der Waals surface area (Å²) in [4.78, 5) is 23.4. The van der Waals surface area contributed by atoms with E-state index in [-0.39, 0.29) is 12.6 Å². The molecule has 0 atom stereocenters. The Morgan fingerprint density at radius 3 is 2.65 bits per heavy atom. The number of nitrogens with zero attached hydrogens (tertiary/aromatic N) is 3. The molecule has 3 aromatic carbocycles. The first-order chi connectivity index (χ1) is 16.6. The van der Waals surface area contributed by atoms with Crippen LogP contribution in [-0.4, -0.2) is 60.4 Å². The number of ether oxygens (including phenoxy) is 2. The molecule has 1 aromatic heterocycles. The van der Waals surface area contributed by atoms with Gasteiger partial charge in [0.1, 0.15) is 6.61 Å². The number of halogens is 2. The number of nitrogens with one attached hydrogen (secondary N) is 1. The fourth-order valence-electron chi connectivity index (χ4n) is 4.05. The van der Waals surface area contributed by atoms with Crippen molar-refractivity contribution in [3.63, 3.8) is 0 Å². The number of carbonyl (C=O) groups is 1. The van der Waals surface area contributed by atoms with Gasteiger partial charge < -0.3 is 9.47 Å². The predicted octanol–water partition coefficient (Wildman–Crippen LogP) is 5.64. The van der Waals surface area contributed by atoms with E-state index in [9.17, 15) is 4.79 Å². The number of anilines is 1. The van der Waals surface area contributed by atoms with Gasteiger partial charge in [-0.2, -0.15) is 0 Å². The van der Waals surface area contributed by atoms with Crippen molar-refractivity contribution in [3.05, 3.63) is 64.8 Å². The van der Waals surface area contributed by atoms with Gasteiger partial charge in [-0.15, -0.1) is 0 Å². The normalized spacial score (nSPS) is 14.4. The molecule has 0 unspecified atom stereocenters. The number of hydrogen-bond acceptors (Lipinski definition) is 6. The van der Waals surface area contributed by atoms with Gasteiger partial charge in [-0.3, -0.25) is 10.2 Å². The van der Waals surface area contributed by atoms with E-state index in [0.717, 1.165) is 45.9 Å². The lowest BCUT2D eigenvalue weighted by atomic mass is 9.96. The van der Waals surface area contributed by atoms with Gasteiger partial charge in [0.15, 0.2) is 0 Å². The van der Waals surface area contributed by atoms with Crippen LogP contribution in [-0.2, 0) is 9.47 Å². The molecule has 1 amide bonds. The maximum absolute atomic E-state index is 12.3. The van der Waals surface area contributed by atoms with E-state index in [4.69, 9.17) is 32.7 Å². The molecule has 174 valence electrons. The van der Waals surface area contributed by atoms with Gasteiger partial charge in [-0.25, -0.2) is 14.8 Å². The second kappa shape index (κ2) is 10.1. The summed E-state index contributed by atoms with van der Waals surface area (Å²) in [6.07, 6.45) is 1.11. The summed E-state index contributed by atoms with van der Waals surface area (Å²) in [5.41, 5.74) is 2.67. The lowest BCUT2D eigenvalue weighted by Gasteiger charge is -2.26. The highest BCUT2D eigenvalue weighted by Crippen LogP contribution is 2.36. The summed E-state index contributed by atoms with van der Waals surface area (Å²) in [6, 6.07) is 15.5. The average Bonchev–Trinajstić information content (AvgIpc) is 2.86. The minimum Gasteiger partial charge on any atom is -0.448 e. The monoisotopic (exact) mass is 496 g/mol. The van der Waals surface area contributed by atoms with Crippen molar-refractivity contribution in [2.24, 2.45) is 0 Å². The van der Waals surface area contributed by atoms with Crippen LogP contribution < -0.4 is 5.32 Å². The molecular weight excluding hydrogens is 475 g/mol. The minimum absolute atomic E-state index is 0.191. The van der Waals surface area contributed by atoms with Crippen LogP contribution in [0.4, 0.5) is 10.7 Å². The molecule has 1 aliphatic heterocycles. The summed E-state index contributed by atoms with van der Waals surface area (Å²) < 4.78 is 10.6. The van der Waals surface area contributed by atoms with Crippen LogP contribution in [0.1, 0.15) is 0 Å². The molecule has 0 bridgehead atoms. The van der Waals surface area contributed by atoms with Crippen LogP contribution in [0.2, 0.25) is 10.0 Å². The highest BCUT2D eigenvalue weighted by molar-refractivity contribution is 6.42. The zero-order valence-corrected chi connectivity index (χ0v) is 19.8. The van der Waals surface area contributed by atoms with Crippen LogP contribution in [0.5, 0.6) is 0 Å². The summed E-state index contributed by atoms with van der Waals surface area (Å²) in [6.45, 7) is 4.05. The number of fused-ring (bicyclic) bond motifs is 3. The van der Waals surface area contributed by atoms with Crippen molar-refractivity contribution in [1.82, 2.24) is 14.9 Å². The first kappa shape index (κ1) is 22.8. The van der Waals surface area contributed by atoms with Gasteiger partial charge in [0, 0.05) is 36.6 Å². The lowest BCUT2D eigenvalue weighted by molar-refractivity contribution is 0.0290. The highest BCUT2D eigenvalue weighted by atomic mass is 35.5. The fourth-order valence-corrected chi connectivity index (χ4v) is 4.35. The zero-order valence-electron chi connectivity index (χ0n) is 18.3. The molecular formula is C25H22Cl2N4O3. The van der Waals surface area contributed by atoms with E-state index in [2.05, 4.69) is 20.2 Å². The molecule has 2 heterocycles. The third kappa shape index (κ3) is 4.93. The number of morpholine rings is 1. The Kier molecular flexibility index (Phi) is 6.78. The first-order valence-corrected chi connectivity index (χ1v) is 11.7. The van der Waals surface area contributed by atoms with Crippen molar-refractivity contribution in [3.8, 4) is 11.1 Å². The van der Waals surface area contributed by atoms with Gasteiger partial charge in [-0.1, -0.05) is 53.5 Å². The Bertz CT molecular complexity index is 1360. The number of rotatable bonds is 5. The molecule has 34 heavy (non-hydrogen) atoms. The Hall–Kier alpha value is -2.97. The molecule has 1 fully saturated rings. The highest BCUT2D eigenvalue weighted by Gasteiger charge is 2.14. The Labute approximate surface area is 206 Å². The van der Waals surface area contributed by atoms with Gasteiger partial charge in [-0.05, 0) is 34.7 Å². The van der Waals surface area contributed by atoms with Crippen molar-refractivity contribution in [2.75, 3.05) is 44.8 Å². The zero-order chi connectivity index (χ0) is 23.5. The lowest BCUT2D eigenvalue weighted by Crippen LogP contribution is -2.38. The van der Waals surface area contributed by atoms with Gasteiger partial charge in [0.25, 0.3) is 0 Å². The van der Waals surface area contributed by atoms with Crippen molar-refractivity contribution < 1.29 is 14.3 Å². The molecule has 5 rings (SSSR count). The number of carbonyl (C=O) groups excluding carboxylic acids is 1. The molecule has 1 N–H and O–H groups in total. The number of amides is 1. The fraction of sp³-hybridized carbons (Fsp3) is 0.240. The van der Waals surface area contributed by atoms with Crippen molar-refractivity contribution in [1.29, 1.82) is 0 Å². The summed E-state index contributed by atoms with van der Waals surface area (Å²) in [7, 11) is 0. The second-order valence-corrected chi connectivity index (χ2v) is 8.76. The maximum Gasteiger partial charge on any atom is 0.414 e. The number of benzene rings is 3. The summed E-state index contributed by atoms with van der Waals surface area (Å²) in [5.74, 6) is 0.191. The van der Waals surface area contributed by atoms with Crippen LogP contribution >= 0.6 is 23.2 Å². The second-order valence-electron chi connectivity index (χ2n) is 7.94. The van der Waals surface area contributed by atoms with Gasteiger partial charge in [0.2, 0.25) is 5.95 Å². The third-order valence-electron chi connectivity index (χ3n) is 5.78. The SMILES string of the molecule is O=C(Nc1ncc2cc(-c3ccc(Cl)c(Cl)c3)c3ccccc3c2n1)OCCN1CCOCC1. The first-order valence-electron chi connectivity index (χ1n) is 11.0. The molecule has 9 heteroatoms. The van der Waals surface area contributed by atoms with Crippen LogP contribution in [0.15, 0.2) is 54.7 Å². The van der Waals surface area contributed by atoms with E-state index in [1.54, 1.807) is 12.3 Å². The molecule has 4 aromatic rings. The Morgan fingerprint density at radius 2 is 1.85 bits per heavy atom. The van der Waals surface area contributed by atoms with Gasteiger partial charge in [0.05, 0.1) is 28.8 Å². The largest absolute Gasteiger partial charge is 0.448 e. The molecule has 0 aliphatic carbocycles. The summed E-state index contributed by atoms with van der Waals surface area (Å²) in [5, 5.41) is 6.42. The molecule has 7 nitrogen and oxygen atoms in total. The van der Waals surface area contributed by atoms with E-state index < -0.39 is 6.09 Å². The standard InChI is InChI=1S/C25H22Cl2N4O3/c26-21-6-5-16(14-22(21)27)20-13-17-15-28-24(29-23(17)19-4-2-1-3-18(19)20)30-25(32)34-12-9-31-7-10-33-11-8-31/h1-6,13-15H,7-12H2,(H,28,29,30,32). The Morgan fingerprint density at radius 1 is 1.06 bits per heavy atom. The third-order valence-corrected chi connectivity index (χ3v) is 6.52. The Balaban J connectivity index is 1.39. The predicted molar refractivity (Wildman–Crippen MR) is 135 cm³/mol. The summed E-state index contributed by atoms with van der Waals surface area (Å²) >= 11 is 12.4. The quantitative estimate of drug-likeness (QED) is 0.360. The minimum atomic E-state index is -0.579. The van der Waals surface area contributed by atoms with E-state index >= 15 is 0 Å². The number of aromatic nitrogens is 2. The topological polar surface area (TPSA) is 76.6 Å². The van der Waals surface area contributed by atoms with Gasteiger partial charge >= 0.3 is 6.09 Å². The molecule has 1 saturated heterocycles. The van der Waals surface area contributed by atoms with Crippen LogP contribution in [0, 0.1) is 0 Å². The number of hydrogen-bond donors (Lipinski definition) is 1. The van der Waals surface area contributed by atoms with E-state index in [0.29, 0.717) is 29.8 Å². The average molecular weight is 497 g/mol. The van der Waals surface area contributed by atoms with Crippen molar-refractivity contribution in [2.45, 2.75) is 0 Å². The molecule has 1 aliphatic rings. The molecule has 0 radical (unpaired) electrons. The van der Waals surface area contributed by atoms with Crippen LogP contribution in [0.3, 0.4) is 0 Å². The van der Waals surface area contributed by atoms with Crippen molar-refractivity contribution >= 4 is 56.9 Å².